The second-order valence-corrected chi connectivity index (χ2v) is 5.11. The molecule has 0 spiro atoms. The molecule has 1 aromatic heterocycles. The van der Waals surface area contributed by atoms with Crippen molar-refractivity contribution in [3.8, 4) is 0 Å². The molecule has 0 radical (unpaired) electrons. The van der Waals surface area contributed by atoms with E-state index < -0.39 is 0 Å². The van der Waals surface area contributed by atoms with Crippen molar-refractivity contribution >= 4 is 11.6 Å². The minimum absolute atomic E-state index is 0.124. The average Bonchev–Trinajstić information content (AvgIpc) is 2.82. The van der Waals surface area contributed by atoms with E-state index in [2.05, 4.69) is 56.1 Å². The molecule has 0 saturated heterocycles. The van der Waals surface area contributed by atoms with Gasteiger partial charge in [0.05, 0.1) is 11.9 Å². The highest BCUT2D eigenvalue weighted by Gasteiger charge is 2.20. The predicted octanol–water partition coefficient (Wildman–Crippen LogP) is 5.55. The first-order valence-electron chi connectivity index (χ1n) is 7.45. The number of aromatic amines is 1. The van der Waals surface area contributed by atoms with Crippen LogP contribution in [-0.2, 0) is 0 Å². The second kappa shape index (κ2) is 7.98. The summed E-state index contributed by atoms with van der Waals surface area (Å²) in [5.74, 6) is 0.517. The van der Waals surface area contributed by atoms with E-state index in [0.29, 0.717) is 5.92 Å². The number of H-pyrrole nitrogens is 1. The molecule has 2 rings (SSSR count). The van der Waals surface area contributed by atoms with Gasteiger partial charge in [-0.2, -0.15) is 5.10 Å². The number of aromatic nitrogens is 2. The van der Waals surface area contributed by atoms with Gasteiger partial charge in [-0.3, -0.25) is 5.10 Å². The molecule has 108 valence electrons. The van der Waals surface area contributed by atoms with Crippen molar-refractivity contribution in [3.05, 3.63) is 29.6 Å². The third-order valence-electron chi connectivity index (χ3n) is 2.80. The molecule has 0 aliphatic heterocycles. The van der Waals surface area contributed by atoms with Gasteiger partial charge >= 0.3 is 0 Å². The van der Waals surface area contributed by atoms with Crippen LogP contribution in [0.3, 0.4) is 0 Å². The molecule has 0 fully saturated rings. The molecule has 0 aromatic carbocycles. The predicted molar refractivity (Wildman–Crippen MR) is 86.9 cm³/mol. The summed E-state index contributed by atoms with van der Waals surface area (Å²) in [6.07, 6.45) is 8.61. The monoisotopic (exact) mass is 262 g/mol. The molecule has 2 heteroatoms. The molecular formula is C17H30N2. The maximum atomic E-state index is 4.11. The van der Waals surface area contributed by atoms with Crippen LogP contribution in [0, 0.1) is 11.3 Å². The summed E-state index contributed by atoms with van der Waals surface area (Å²) >= 11 is 0. The normalized spacial score (nSPS) is 15.3. The van der Waals surface area contributed by atoms with Crippen molar-refractivity contribution in [3.63, 3.8) is 0 Å². The van der Waals surface area contributed by atoms with Gasteiger partial charge < -0.3 is 0 Å². The second-order valence-electron chi connectivity index (χ2n) is 5.11. The Labute approximate surface area is 119 Å². The number of allylic oxidation sites excluding steroid dienone is 3. The Kier molecular flexibility index (Phi) is 7.43. The Morgan fingerprint density at radius 3 is 2.21 bits per heavy atom. The van der Waals surface area contributed by atoms with Gasteiger partial charge in [-0.05, 0) is 11.5 Å². The van der Waals surface area contributed by atoms with Gasteiger partial charge in [-0.15, -0.1) is 0 Å². The Bertz CT molecular complexity index is 420. The van der Waals surface area contributed by atoms with Gasteiger partial charge in [0, 0.05) is 11.0 Å². The van der Waals surface area contributed by atoms with Gasteiger partial charge in [0.1, 0.15) is 0 Å². The Morgan fingerprint density at radius 1 is 1.11 bits per heavy atom. The standard InChI is InChI=1S/C13H18N2.2C2H6/c1-9(2)11-7-13(3,4)6-5-10-8-14-15-12(10)11;2*1-2/h5-9H,1-4H3,(H,14,15);2*1-2H3. The zero-order chi connectivity index (χ0) is 15.1. The smallest absolute Gasteiger partial charge is 0.0681 e. The van der Waals surface area contributed by atoms with E-state index in [4.69, 9.17) is 0 Å². The van der Waals surface area contributed by atoms with Crippen molar-refractivity contribution < 1.29 is 0 Å². The average molecular weight is 262 g/mol. The first-order chi connectivity index (χ1) is 8.99. The molecule has 0 saturated carbocycles. The Morgan fingerprint density at radius 2 is 1.68 bits per heavy atom. The molecule has 2 nitrogen and oxygen atoms in total. The summed E-state index contributed by atoms with van der Waals surface area (Å²) in [4.78, 5) is 0. The molecule has 1 aliphatic rings. The largest absolute Gasteiger partial charge is 0.278 e. The SMILES string of the molecule is CC.CC.CC(C)C1=CC(C)(C)C=Cc2cn[nH]c21. The van der Waals surface area contributed by atoms with Crippen LogP contribution in [0.5, 0.6) is 0 Å². The molecule has 1 aliphatic carbocycles. The van der Waals surface area contributed by atoms with Gasteiger partial charge in [-0.25, -0.2) is 0 Å². The van der Waals surface area contributed by atoms with Gasteiger partial charge in [0.15, 0.2) is 0 Å². The third-order valence-corrected chi connectivity index (χ3v) is 2.80. The van der Waals surface area contributed by atoms with Crippen molar-refractivity contribution in [2.75, 3.05) is 0 Å². The molecule has 0 amide bonds. The number of hydrogen-bond donors (Lipinski definition) is 1. The molecule has 19 heavy (non-hydrogen) atoms. The maximum Gasteiger partial charge on any atom is 0.0681 e. The van der Waals surface area contributed by atoms with Crippen LogP contribution >= 0.6 is 0 Å². The van der Waals surface area contributed by atoms with Crippen LogP contribution in [-0.4, -0.2) is 10.2 Å². The minimum atomic E-state index is 0.124. The van der Waals surface area contributed by atoms with Gasteiger partial charge in [-0.1, -0.05) is 73.6 Å². The zero-order valence-corrected chi connectivity index (χ0v) is 13.8. The molecule has 0 bridgehead atoms. The molecule has 1 N–H and O–H groups in total. The van der Waals surface area contributed by atoms with Crippen LogP contribution in [0.25, 0.3) is 11.6 Å². The quantitative estimate of drug-likeness (QED) is 0.705. The fourth-order valence-electron chi connectivity index (χ4n) is 1.93. The van der Waals surface area contributed by atoms with E-state index in [1.54, 1.807) is 0 Å². The summed E-state index contributed by atoms with van der Waals surface area (Å²) in [5, 5.41) is 7.21. The van der Waals surface area contributed by atoms with Crippen LogP contribution in [0.2, 0.25) is 0 Å². The topological polar surface area (TPSA) is 28.7 Å². The number of nitrogens with zero attached hydrogens (tertiary/aromatic N) is 1. The van der Waals surface area contributed by atoms with Crippen molar-refractivity contribution in [2.24, 2.45) is 11.3 Å². The van der Waals surface area contributed by atoms with Crippen LogP contribution < -0.4 is 0 Å². The summed E-state index contributed by atoms with van der Waals surface area (Å²) in [6, 6.07) is 0. The van der Waals surface area contributed by atoms with Crippen molar-refractivity contribution in [1.82, 2.24) is 10.2 Å². The maximum absolute atomic E-state index is 4.11. The molecule has 0 atom stereocenters. The minimum Gasteiger partial charge on any atom is -0.278 e. The van der Waals surface area contributed by atoms with Crippen LogP contribution in [0.1, 0.15) is 66.6 Å². The number of fused-ring (bicyclic) bond motifs is 1. The lowest BCUT2D eigenvalue weighted by atomic mass is 9.88. The third kappa shape index (κ3) is 4.70. The highest BCUT2D eigenvalue weighted by molar-refractivity contribution is 5.75. The molecule has 0 unspecified atom stereocenters. The summed E-state index contributed by atoms with van der Waals surface area (Å²) in [6.45, 7) is 16.9. The van der Waals surface area contributed by atoms with E-state index in [0.717, 1.165) is 0 Å². The Balaban J connectivity index is 0.000000741. The summed E-state index contributed by atoms with van der Waals surface area (Å²) in [5.41, 5.74) is 3.85. The number of hydrogen-bond acceptors (Lipinski definition) is 1. The first-order valence-corrected chi connectivity index (χ1v) is 7.45. The lowest BCUT2D eigenvalue weighted by Crippen LogP contribution is -2.05. The van der Waals surface area contributed by atoms with E-state index >= 15 is 0 Å². The van der Waals surface area contributed by atoms with E-state index in [9.17, 15) is 0 Å². The number of rotatable bonds is 1. The zero-order valence-electron chi connectivity index (χ0n) is 13.8. The van der Waals surface area contributed by atoms with Crippen LogP contribution in [0.15, 0.2) is 18.3 Å². The lowest BCUT2D eigenvalue weighted by Gasteiger charge is -2.17. The highest BCUT2D eigenvalue weighted by Crippen LogP contribution is 2.34. The fraction of sp³-hybridized carbons (Fsp3) is 0.588. The molecular weight excluding hydrogens is 232 g/mol. The molecule has 1 heterocycles. The van der Waals surface area contributed by atoms with Crippen molar-refractivity contribution in [2.45, 2.75) is 55.4 Å². The highest BCUT2D eigenvalue weighted by atomic mass is 15.1. The van der Waals surface area contributed by atoms with E-state index in [1.807, 2.05) is 33.9 Å². The fourth-order valence-corrected chi connectivity index (χ4v) is 1.93. The van der Waals surface area contributed by atoms with Gasteiger partial charge in [0.2, 0.25) is 0 Å². The summed E-state index contributed by atoms with van der Waals surface area (Å²) in [7, 11) is 0. The summed E-state index contributed by atoms with van der Waals surface area (Å²) < 4.78 is 0. The Hall–Kier alpha value is -1.31. The number of nitrogens with one attached hydrogen (secondary N) is 1. The van der Waals surface area contributed by atoms with E-state index in [-0.39, 0.29) is 5.41 Å². The van der Waals surface area contributed by atoms with Crippen molar-refractivity contribution in [1.29, 1.82) is 0 Å². The van der Waals surface area contributed by atoms with E-state index in [1.165, 1.54) is 16.8 Å². The van der Waals surface area contributed by atoms with Crippen LogP contribution in [0.4, 0.5) is 0 Å². The van der Waals surface area contributed by atoms with Gasteiger partial charge in [0.25, 0.3) is 0 Å². The first kappa shape index (κ1) is 17.7. The lowest BCUT2D eigenvalue weighted by molar-refractivity contribution is 0.625. The molecule has 1 aromatic rings.